The van der Waals surface area contributed by atoms with Crippen LogP contribution in [0, 0.1) is 6.92 Å². The van der Waals surface area contributed by atoms with Crippen LogP contribution in [-0.4, -0.2) is 34.0 Å². The van der Waals surface area contributed by atoms with E-state index >= 15 is 0 Å². The van der Waals surface area contributed by atoms with Crippen LogP contribution in [0.4, 0.5) is 0 Å². The fourth-order valence-electron chi connectivity index (χ4n) is 3.45. The summed E-state index contributed by atoms with van der Waals surface area (Å²) in [6, 6.07) is 15.7. The van der Waals surface area contributed by atoms with E-state index in [1.165, 1.54) is 18.4 Å². The molecule has 0 atom stereocenters. The molecular formula is C22H24N4O2. The van der Waals surface area contributed by atoms with E-state index in [4.69, 9.17) is 4.52 Å². The van der Waals surface area contributed by atoms with Gasteiger partial charge in [0.1, 0.15) is 0 Å². The lowest BCUT2D eigenvalue weighted by Crippen LogP contribution is -2.23. The monoisotopic (exact) mass is 376 g/mol. The first-order chi connectivity index (χ1) is 13.7. The fourth-order valence-corrected chi connectivity index (χ4v) is 3.45. The highest BCUT2D eigenvalue weighted by Gasteiger charge is 2.13. The zero-order valence-corrected chi connectivity index (χ0v) is 16.0. The first-order valence-electron chi connectivity index (χ1n) is 9.66. The van der Waals surface area contributed by atoms with E-state index < -0.39 is 0 Å². The first-order valence-corrected chi connectivity index (χ1v) is 9.66. The topological polar surface area (TPSA) is 71.3 Å². The zero-order valence-electron chi connectivity index (χ0n) is 16.0. The summed E-state index contributed by atoms with van der Waals surface area (Å²) in [5.74, 6) is 0.762. The number of amides is 1. The molecule has 3 aromatic rings. The SMILES string of the molecule is Cc1cccc(-c2noc(CNC(=O)c3ccc(CN4CCCC4)cc3)n2)c1. The predicted octanol–water partition coefficient (Wildman–Crippen LogP) is 3.57. The summed E-state index contributed by atoms with van der Waals surface area (Å²) in [4.78, 5) is 19.2. The van der Waals surface area contributed by atoms with Crippen molar-refractivity contribution >= 4 is 5.91 Å². The molecular weight excluding hydrogens is 352 g/mol. The van der Waals surface area contributed by atoms with E-state index in [1.54, 1.807) is 0 Å². The molecule has 6 nitrogen and oxygen atoms in total. The average Bonchev–Trinajstić information content (AvgIpc) is 3.39. The smallest absolute Gasteiger partial charge is 0.251 e. The predicted molar refractivity (Wildman–Crippen MR) is 107 cm³/mol. The molecule has 2 heterocycles. The minimum Gasteiger partial charge on any atom is -0.343 e. The second-order valence-electron chi connectivity index (χ2n) is 7.24. The molecule has 0 unspecified atom stereocenters. The Morgan fingerprint density at radius 2 is 1.93 bits per heavy atom. The van der Waals surface area contributed by atoms with Crippen molar-refractivity contribution in [2.24, 2.45) is 0 Å². The van der Waals surface area contributed by atoms with Crippen LogP contribution in [-0.2, 0) is 13.1 Å². The van der Waals surface area contributed by atoms with Gasteiger partial charge in [0.15, 0.2) is 0 Å². The molecule has 28 heavy (non-hydrogen) atoms. The number of aryl methyl sites for hydroxylation is 1. The number of carbonyl (C=O) groups is 1. The second-order valence-corrected chi connectivity index (χ2v) is 7.24. The molecule has 0 spiro atoms. The Hall–Kier alpha value is -2.99. The van der Waals surface area contributed by atoms with Gasteiger partial charge in [-0.25, -0.2) is 0 Å². The lowest BCUT2D eigenvalue weighted by atomic mass is 10.1. The van der Waals surface area contributed by atoms with Crippen LogP contribution >= 0.6 is 0 Å². The van der Waals surface area contributed by atoms with Crippen LogP contribution in [0.15, 0.2) is 53.1 Å². The van der Waals surface area contributed by atoms with Crippen LogP contribution in [0.2, 0.25) is 0 Å². The van der Waals surface area contributed by atoms with E-state index in [2.05, 4.69) is 20.4 Å². The molecule has 1 aliphatic heterocycles. The van der Waals surface area contributed by atoms with Gasteiger partial charge in [-0.3, -0.25) is 9.69 Å². The van der Waals surface area contributed by atoms with Crippen LogP contribution in [0.3, 0.4) is 0 Å². The van der Waals surface area contributed by atoms with Gasteiger partial charge in [-0.1, -0.05) is 41.1 Å². The van der Waals surface area contributed by atoms with Gasteiger partial charge in [0, 0.05) is 17.7 Å². The van der Waals surface area contributed by atoms with Gasteiger partial charge >= 0.3 is 0 Å². The van der Waals surface area contributed by atoms with Gasteiger partial charge in [0.25, 0.3) is 5.91 Å². The highest BCUT2D eigenvalue weighted by atomic mass is 16.5. The molecule has 1 aromatic heterocycles. The van der Waals surface area contributed by atoms with Crippen molar-refractivity contribution in [2.45, 2.75) is 32.9 Å². The summed E-state index contributed by atoms with van der Waals surface area (Å²) in [6.07, 6.45) is 2.56. The minimum atomic E-state index is -0.150. The normalized spacial score (nSPS) is 14.3. The maximum atomic E-state index is 12.4. The Bertz CT molecular complexity index is 943. The van der Waals surface area contributed by atoms with Crippen LogP contribution in [0.25, 0.3) is 11.4 Å². The van der Waals surface area contributed by atoms with Crippen molar-refractivity contribution < 1.29 is 9.32 Å². The van der Waals surface area contributed by atoms with E-state index in [-0.39, 0.29) is 12.5 Å². The lowest BCUT2D eigenvalue weighted by Gasteiger charge is -2.14. The van der Waals surface area contributed by atoms with Gasteiger partial charge in [0.2, 0.25) is 11.7 Å². The van der Waals surface area contributed by atoms with E-state index in [9.17, 15) is 4.79 Å². The number of rotatable bonds is 6. The summed E-state index contributed by atoms with van der Waals surface area (Å²) >= 11 is 0. The van der Waals surface area contributed by atoms with Crippen LogP contribution in [0.1, 0.15) is 40.2 Å². The number of likely N-dealkylation sites (tertiary alicyclic amines) is 1. The maximum absolute atomic E-state index is 12.4. The van der Waals surface area contributed by atoms with Gasteiger partial charge in [-0.05, 0) is 56.6 Å². The minimum absolute atomic E-state index is 0.150. The molecule has 2 aromatic carbocycles. The van der Waals surface area contributed by atoms with Crippen molar-refractivity contribution in [1.29, 1.82) is 0 Å². The van der Waals surface area contributed by atoms with Gasteiger partial charge in [0.05, 0.1) is 6.54 Å². The Labute approximate surface area is 164 Å². The molecule has 0 aliphatic carbocycles. The molecule has 4 rings (SSSR count). The third kappa shape index (κ3) is 4.46. The number of aromatic nitrogens is 2. The molecule has 1 saturated heterocycles. The molecule has 144 valence electrons. The van der Waals surface area contributed by atoms with Crippen LogP contribution < -0.4 is 5.32 Å². The molecule has 1 N–H and O–H groups in total. The largest absolute Gasteiger partial charge is 0.343 e. The first kappa shape index (κ1) is 18.4. The highest BCUT2D eigenvalue weighted by molar-refractivity contribution is 5.94. The summed E-state index contributed by atoms with van der Waals surface area (Å²) in [6.45, 7) is 5.49. The molecule has 0 radical (unpaired) electrons. The standard InChI is InChI=1S/C22H24N4O2/c1-16-5-4-6-19(13-16)21-24-20(28-25-21)14-23-22(27)18-9-7-17(8-10-18)15-26-11-2-3-12-26/h4-10,13H,2-3,11-12,14-15H2,1H3,(H,23,27). The molecule has 0 bridgehead atoms. The van der Waals surface area contributed by atoms with Crippen molar-refractivity contribution in [3.05, 3.63) is 71.1 Å². The quantitative estimate of drug-likeness (QED) is 0.712. The van der Waals surface area contributed by atoms with Crippen molar-refractivity contribution in [3.63, 3.8) is 0 Å². The summed E-state index contributed by atoms with van der Waals surface area (Å²) in [5.41, 5.74) is 3.89. The Balaban J connectivity index is 1.33. The summed E-state index contributed by atoms with van der Waals surface area (Å²) in [7, 11) is 0. The summed E-state index contributed by atoms with van der Waals surface area (Å²) < 4.78 is 5.26. The van der Waals surface area contributed by atoms with E-state index in [0.717, 1.165) is 30.8 Å². The van der Waals surface area contributed by atoms with Crippen molar-refractivity contribution in [3.8, 4) is 11.4 Å². The third-order valence-corrected chi connectivity index (χ3v) is 4.97. The lowest BCUT2D eigenvalue weighted by molar-refractivity contribution is 0.0946. The number of hydrogen-bond acceptors (Lipinski definition) is 5. The van der Waals surface area contributed by atoms with Crippen LogP contribution in [0.5, 0.6) is 0 Å². The molecule has 1 amide bonds. The number of hydrogen-bond donors (Lipinski definition) is 1. The average molecular weight is 376 g/mol. The summed E-state index contributed by atoms with van der Waals surface area (Å²) in [5, 5.41) is 6.83. The van der Waals surface area contributed by atoms with E-state index in [0.29, 0.717) is 17.3 Å². The highest BCUT2D eigenvalue weighted by Crippen LogP contribution is 2.17. The number of nitrogens with zero attached hydrogens (tertiary/aromatic N) is 3. The molecule has 0 saturated carbocycles. The zero-order chi connectivity index (χ0) is 19.3. The molecule has 1 aliphatic rings. The number of nitrogens with one attached hydrogen (secondary N) is 1. The Kier molecular flexibility index (Phi) is 5.48. The fraction of sp³-hybridized carbons (Fsp3) is 0.318. The van der Waals surface area contributed by atoms with Gasteiger partial charge < -0.3 is 9.84 Å². The Morgan fingerprint density at radius 1 is 1.14 bits per heavy atom. The number of carbonyl (C=O) groups excluding carboxylic acids is 1. The van der Waals surface area contributed by atoms with E-state index in [1.807, 2.05) is 55.5 Å². The van der Waals surface area contributed by atoms with Crippen molar-refractivity contribution in [2.75, 3.05) is 13.1 Å². The maximum Gasteiger partial charge on any atom is 0.251 e. The molecule has 1 fully saturated rings. The number of benzene rings is 2. The van der Waals surface area contributed by atoms with Gasteiger partial charge in [-0.2, -0.15) is 4.98 Å². The van der Waals surface area contributed by atoms with Gasteiger partial charge in [-0.15, -0.1) is 0 Å². The Morgan fingerprint density at radius 3 is 2.68 bits per heavy atom. The second kappa shape index (κ2) is 8.35. The molecule has 6 heteroatoms. The van der Waals surface area contributed by atoms with Crippen molar-refractivity contribution in [1.82, 2.24) is 20.4 Å². The third-order valence-electron chi connectivity index (χ3n) is 4.97.